The van der Waals surface area contributed by atoms with Gasteiger partial charge in [-0.3, -0.25) is 0 Å². The highest BCUT2D eigenvalue weighted by molar-refractivity contribution is 5.55. The van der Waals surface area contributed by atoms with E-state index in [1.54, 1.807) is 13.0 Å². The fourth-order valence-electron chi connectivity index (χ4n) is 2.94. The molecule has 2 N–H and O–H groups in total. The van der Waals surface area contributed by atoms with E-state index in [2.05, 4.69) is 4.90 Å². The van der Waals surface area contributed by atoms with Crippen LogP contribution in [0.1, 0.15) is 44.3 Å². The second-order valence-electron chi connectivity index (χ2n) is 5.23. The molecule has 1 aromatic rings. The van der Waals surface area contributed by atoms with E-state index in [1.807, 2.05) is 0 Å². The van der Waals surface area contributed by atoms with Crippen LogP contribution >= 0.6 is 0 Å². The zero-order valence-corrected chi connectivity index (χ0v) is 11.3. The first-order valence-corrected chi connectivity index (χ1v) is 6.98. The van der Waals surface area contributed by atoms with Crippen molar-refractivity contribution >= 4 is 5.69 Å². The van der Waals surface area contributed by atoms with Crippen molar-refractivity contribution in [1.82, 2.24) is 0 Å². The minimum absolute atomic E-state index is 0.0626. The van der Waals surface area contributed by atoms with Gasteiger partial charge in [0.25, 0.3) is 0 Å². The molecule has 0 radical (unpaired) electrons. The lowest BCUT2D eigenvalue weighted by atomic mass is 10.0. The SMILES string of the molecule is C[C@H](O)c1cc(F)ccc1N(CCO)C1CCCC1. The first-order chi connectivity index (χ1) is 9.13. The van der Waals surface area contributed by atoms with E-state index in [-0.39, 0.29) is 12.4 Å². The molecule has 0 spiro atoms. The first kappa shape index (κ1) is 14.3. The molecule has 1 aliphatic rings. The predicted molar refractivity (Wildman–Crippen MR) is 73.7 cm³/mol. The summed E-state index contributed by atoms with van der Waals surface area (Å²) in [5.74, 6) is -0.338. The van der Waals surface area contributed by atoms with E-state index in [9.17, 15) is 14.6 Å². The standard InChI is InChI=1S/C15H22FNO2/c1-11(19)14-10-12(16)6-7-15(14)17(8-9-18)13-4-2-3-5-13/h6-7,10-11,13,18-19H,2-5,8-9H2,1H3/t11-/m0/s1. The second-order valence-corrected chi connectivity index (χ2v) is 5.23. The highest BCUT2D eigenvalue weighted by Crippen LogP contribution is 2.33. The highest BCUT2D eigenvalue weighted by Gasteiger charge is 2.25. The van der Waals surface area contributed by atoms with Gasteiger partial charge >= 0.3 is 0 Å². The van der Waals surface area contributed by atoms with Gasteiger partial charge in [-0.1, -0.05) is 12.8 Å². The Morgan fingerprint density at radius 1 is 1.37 bits per heavy atom. The number of rotatable bonds is 5. The Hall–Kier alpha value is -1.13. The number of aliphatic hydroxyl groups excluding tert-OH is 2. The molecule has 0 unspecified atom stereocenters. The van der Waals surface area contributed by atoms with E-state index in [0.29, 0.717) is 18.2 Å². The average molecular weight is 267 g/mol. The fraction of sp³-hybridized carbons (Fsp3) is 0.600. The lowest BCUT2D eigenvalue weighted by Gasteiger charge is -2.33. The zero-order valence-electron chi connectivity index (χ0n) is 11.3. The van der Waals surface area contributed by atoms with Gasteiger partial charge in [-0.25, -0.2) is 4.39 Å². The van der Waals surface area contributed by atoms with Crippen molar-refractivity contribution in [3.8, 4) is 0 Å². The number of anilines is 1. The summed E-state index contributed by atoms with van der Waals surface area (Å²) in [6, 6.07) is 4.90. The van der Waals surface area contributed by atoms with Gasteiger partial charge in [-0.15, -0.1) is 0 Å². The van der Waals surface area contributed by atoms with E-state index in [4.69, 9.17) is 0 Å². The van der Waals surface area contributed by atoms with Gasteiger partial charge in [0.05, 0.1) is 12.7 Å². The summed E-state index contributed by atoms with van der Waals surface area (Å²) >= 11 is 0. The van der Waals surface area contributed by atoms with Crippen LogP contribution in [0.15, 0.2) is 18.2 Å². The Bertz CT molecular complexity index is 417. The van der Waals surface area contributed by atoms with Gasteiger partial charge < -0.3 is 15.1 Å². The van der Waals surface area contributed by atoms with Crippen molar-refractivity contribution in [2.45, 2.75) is 44.8 Å². The molecule has 0 heterocycles. The van der Waals surface area contributed by atoms with Crippen LogP contribution in [-0.2, 0) is 0 Å². The van der Waals surface area contributed by atoms with E-state index < -0.39 is 6.10 Å². The molecule has 1 atom stereocenters. The highest BCUT2D eigenvalue weighted by atomic mass is 19.1. The van der Waals surface area contributed by atoms with E-state index in [1.165, 1.54) is 25.0 Å². The van der Waals surface area contributed by atoms with Crippen LogP contribution in [0.4, 0.5) is 10.1 Å². The van der Waals surface area contributed by atoms with Crippen LogP contribution in [0.2, 0.25) is 0 Å². The molecule has 2 rings (SSSR count). The molecule has 0 saturated heterocycles. The molecule has 0 aromatic heterocycles. The minimum Gasteiger partial charge on any atom is -0.395 e. The van der Waals surface area contributed by atoms with Crippen molar-refractivity contribution in [1.29, 1.82) is 0 Å². The van der Waals surface area contributed by atoms with Crippen molar-refractivity contribution in [2.24, 2.45) is 0 Å². The van der Waals surface area contributed by atoms with Gasteiger partial charge in [0, 0.05) is 23.8 Å². The van der Waals surface area contributed by atoms with Crippen LogP contribution in [0, 0.1) is 5.82 Å². The smallest absolute Gasteiger partial charge is 0.123 e. The normalized spacial score (nSPS) is 17.7. The maximum atomic E-state index is 13.4. The molecule has 19 heavy (non-hydrogen) atoms. The Morgan fingerprint density at radius 2 is 2.05 bits per heavy atom. The molecular weight excluding hydrogens is 245 g/mol. The summed E-state index contributed by atoms with van der Waals surface area (Å²) in [4.78, 5) is 2.12. The molecule has 106 valence electrons. The Morgan fingerprint density at radius 3 is 2.63 bits per heavy atom. The third-order valence-electron chi connectivity index (χ3n) is 3.86. The summed E-state index contributed by atoms with van der Waals surface area (Å²) in [6.07, 6.45) is 3.86. The van der Waals surface area contributed by atoms with Gasteiger partial charge in [0.2, 0.25) is 0 Å². The molecule has 4 heteroatoms. The quantitative estimate of drug-likeness (QED) is 0.862. The second kappa shape index (κ2) is 6.35. The van der Waals surface area contributed by atoms with Crippen LogP contribution in [0.5, 0.6) is 0 Å². The van der Waals surface area contributed by atoms with Crippen molar-refractivity contribution in [3.63, 3.8) is 0 Å². The van der Waals surface area contributed by atoms with Crippen molar-refractivity contribution in [3.05, 3.63) is 29.6 Å². The molecule has 1 aliphatic carbocycles. The summed E-state index contributed by atoms with van der Waals surface area (Å²) in [5.41, 5.74) is 1.44. The van der Waals surface area contributed by atoms with Crippen LogP contribution in [-0.4, -0.2) is 29.4 Å². The van der Waals surface area contributed by atoms with Gasteiger partial charge in [0.15, 0.2) is 0 Å². The minimum atomic E-state index is -0.715. The Kier molecular flexibility index (Phi) is 4.77. The first-order valence-electron chi connectivity index (χ1n) is 6.98. The van der Waals surface area contributed by atoms with Crippen molar-refractivity contribution in [2.75, 3.05) is 18.1 Å². The molecule has 1 fully saturated rings. The number of benzene rings is 1. The molecule has 0 amide bonds. The summed E-state index contributed by atoms with van der Waals surface area (Å²) < 4.78 is 13.4. The lowest BCUT2D eigenvalue weighted by Crippen LogP contribution is -2.36. The van der Waals surface area contributed by atoms with Crippen LogP contribution in [0.3, 0.4) is 0 Å². The topological polar surface area (TPSA) is 43.7 Å². The third-order valence-corrected chi connectivity index (χ3v) is 3.86. The summed E-state index contributed by atoms with van der Waals surface area (Å²) in [5, 5.41) is 19.1. The molecule has 1 aromatic carbocycles. The number of aliphatic hydroxyl groups is 2. The molecule has 3 nitrogen and oxygen atoms in total. The molecule has 1 saturated carbocycles. The number of hydrogen-bond donors (Lipinski definition) is 2. The average Bonchev–Trinajstić information content (AvgIpc) is 2.90. The summed E-state index contributed by atoms with van der Waals surface area (Å²) in [6.45, 7) is 2.23. The predicted octanol–water partition coefficient (Wildman–Crippen LogP) is 2.62. The third kappa shape index (κ3) is 3.25. The maximum Gasteiger partial charge on any atom is 0.123 e. The van der Waals surface area contributed by atoms with Crippen LogP contribution in [0.25, 0.3) is 0 Å². The summed E-state index contributed by atoms with van der Waals surface area (Å²) in [7, 11) is 0. The van der Waals surface area contributed by atoms with Crippen LogP contribution < -0.4 is 4.90 Å². The number of halogens is 1. The molecule has 0 aliphatic heterocycles. The monoisotopic (exact) mass is 267 g/mol. The Labute approximate surface area is 113 Å². The number of hydrogen-bond acceptors (Lipinski definition) is 3. The zero-order chi connectivity index (χ0) is 13.8. The maximum absolute atomic E-state index is 13.4. The number of nitrogens with zero attached hydrogens (tertiary/aromatic N) is 1. The van der Waals surface area contributed by atoms with Gasteiger partial charge in [0.1, 0.15) is 5.82 Å². The molecular formula is C15H22FNO2. The Balaban J connectivity index is 2.34. The van der Waals surface area contributed by atoms with Gasteiger partial charge in [-0.2, -0.15) is 0 Å². The van der Waals surface area contributed by atoms with E-state index >= 15 is 0 Å². The lowest BCUT2D eigenvalue weighted by molar-refractivity contribution is 0.198. The van der Waals surface area contributed by atoms with Crippen molar-refractivity contribution < 1.29 is 14.6 Å². The largest absolute Gasteiger partial charge is 0.395 e. The fourth-order valence-corrected chi connectivity index (χ4v) is 2.94. The van der Waals surface area contributed by atoms with Gasteiger partial charge in [-0.05, 0) is 38.0 Å². The van der Waals surface area contributed by atoms with E-state index in [0.717, 1.165) is 18.5 Å². The molecule has 0 bridgehead atoms.